The molecule has 1 fully saturated rings. The Morgan fingerprint density at radius 3 is 2.32 bits per heavy atom. The predicted octanol–water partition coefficient (Wildman–Crippen LogP) is 4.78. The van der Waals surface area contributed by atoms with Crippen molar-refractivity contribution in [2.24, 2.45) is 5.92 Å². The van der Waals surface area contributed by atoms with Crippen LogP contribution in [0.4, 0.5) is 4.39 Å². The Balaban J connectivity index is 1.40. The van der Waals surface area contributed by atoms with Crippen LogP contribution in [0, 0.1) is 18.7 Å². The van der Waals surface area contributed by atoms with Gasteiger partial charge in [0.2, 0.25) is 0 Å². The van der Waals surface area contributed by atoms with E-state index in [2.05, 4.69) is 13.8 Å². The van der Waals surface area contributed by atoms with Gasteiger partial charge in [-0.3, -0.25) is 9.59 Å². The van der Waals surface area contributed by atoms with Gasteiger partial charge in [0.15, 0.2) is 0 Å². The Hall–Kier alpha value is -3.48. The Bertz CT molecular complexity index is 1230. The third kappa shape index (κ3) is 3.59. The van der Waals surface area contributed by atoms with Gasteiger partial charge in [-0.15, -0.1) is 0 Å². The summed E-state index contributed by atoms with van der Waals surface area (Å²) in [5.74, 6) is -0.573. The highest BCUT2D eigenvalue weighted by atomic mass is 19.1. The molecule has 0 saturated carbocycles. The Morgan fingerprint density at radius 1 is 1.03 bits per heavy atom. The van der Waals surface area contributed by atoms with Gasteiger partial charge in [-0.2, -0.15) is 5.10 Å². The number of hydrogen-bond acceptors (Lipinski definition) is 3. The van der Waals surface area contributed by atoms with Gasteiger partial charge in [-0.1, -0.05) is 44.2 Å². The highest BCUT2D eigenvalue weighted by molar-refractivity contribution is 5.99. The van der Waals surface area contributed by atoms with E-state index in [0.29, 0.717) is 31.6 Å². The number of halogens is 1. The third-order valence-corrected chi connectivity index (χ3v) is 7.02. The Morgan fingerprint density at radius 2 is 1.68 bits per heavy atom. The lowest BCUT2D eigenvalue weighted by atomic mass is 9.93. The number of aryl methyl sites for hydroxylation is 1. The van der Waals surface area contributed by atoms with Crippen molar-refractivity contribution in [3.05, 3.63) is 82.9 Å². The van der Waals surface area contributed by atoms with Crippen molar-refractivity contribution < 1.29 is 14.0 Å². The molecule has 3 aromatic rings. The maximum atomic E-state index is 14.1. The lowest BCUT2D eigenvalue weighted by Crippen LogP contribution is -2.49. The van der Waals surface area contributed by atoms with Crippen LogP contribution in [0.15, 0.2) is 54.6 Å². The average molecular weight is 461 g/mol. The zero-order chi connectivity index (χ0) is 24.0. The number of fused-ring (bicyclic) bond motifs is 1. The number of nitrogens with zero attached hydrogens (tertiary/aromatic N) is 4. The summed E-state index contributed by atoms with van der Waals surface area (Å²) in [5, 5.41) is 4.72. The van der Waals surface area contributed by atoms with Crippen molar-refractivity contribution in [1.29, 1.82) is 0 Å². The molecule has 0 radical (unpaired) electrons. The smallest absolute Gasteiger partial charge is 0.273 e. The van der Waals surface area contributed by atoms with Gasteiger partial charge < -0.3 is 9.80 Å². The fourth-order valence-corrected chi connectivity index (χ4v) is 5.44. The summed E-state index contributed by atoms with van der Waals surface area (Å²) in [6.45, 7) is 7.23. The molecular weight excluding hydrogens is 431 g/mol. The van der Waals surface area contributed by atoms with E-state index in [1.807, 2.05) is 42.2 Å². The van der Waals surface area contributed by atoms with Crippen molar-refractivity contribution >= 4 is 11.8 Å². The maximum Gasteiger partial charge on any atom is 0.273 e. The van der Waals surface area contributed by atoms with Gasteiger partial charge >= 0.3 is 0 Å². The first kappa shape index (κ1) is 22.3. The van der Waals surface area contributed by atoms with Gasteiger partial charge in [0, 0.05) is 24.7 Å². The third-order valence-electron chi connectivity index (χ3n) is 7.02. The average Bonchev–Trinajstić information content (AvgIpc) is 3.35. The van der Waals surface area contributed by atoms with Crippen LogP contribution < -0.4 is 0 Å². The van der Waals surface area contributed by atoms with E-state index in [1.165, 1.54) is 12.1 Å². The number of benzene rings is 2. The normalized spacial score (nSPS) is 18.6. The predicted molar refractivity (Wildman–Crippen MR) is 127 cm³/mol. The zero-order valence-electron chi connectivity index (χ0n) is 19.7. The molecule has 2 aliphatic heterocycles. The van der Waals surface area contributed by atoms with Crippen molar-refractivity contribution in [1.82, 2.24) is 19.6 Å². The highest BCUT2D eigenvalue weighted by Gasteiger charge is 2.47. The molecule has 1 aromatic heterocycles. The molecule has 176 valence electrons. The summed E-state index contributed by atoms with van der Waals surface area (Å²) in [4.78, 5) is 30.4. The lowest BCUT2D eigenvalue weighted by molar-refractivity contribution is 0.0392. The van der Waals surface area contributed by atoms with Crippen LogP contribution >= 0.6 is 0 Å². The van der Waals surface area contributed by atoms with Crippen molar-refractivity contribution in [2.45, 2.75) is 45.7 Å². The molecule has 1 atom stereocenters. The molecular formula is C27H29FN4O2. The molecule has 0 aliphatic carbocycles. The van der Waals surface area contributed by atoms with E-state index in [0.717, 1.165) is 16.9 Å². The molecule has 3 heterocycles. The summed E-state index contributed by atoms with van der Waals surface area (Å²) in [7, 11) is 0. The standard InChI is InChI=1S/C27H29FN4O2/c1-17(2)24-23-18(3)29-32(20-9-5-4-6-10-20)25(23)27(34)31(24)19-13-15-30(16-14-19)26(33)21-11-7-8-12-22(21)28/h4-12,17,19,24H,13-16H2,1-3H3. The van der Waals surface area contributed by atoms with Gasteiger partial charge in [-0.25, -0.2) is 9.07 Å². The minimum absolute atomic E-state index is 0.00275. The number of likely N-dealkylation sites (tertiary alicyclic amines) is 1. The van der Waals surface area contributed by atoms with Crippen LogP contribution in [0.25, 0.3) is 5.69 Å². The minimum Gasteiger partial charge on any atom is -0.338 e. The van der Waals surface area contributed by atoms with Crippen LogP contribution in [0.5, 0.6) is 0 Å². The molecule has 0 spiro atoms. The van der Waals surface area contributed by atoms with E-state index in [4.69, 9.17) is 5.10 Å². The van der Waals surface area contributed by atoms with Crippen LogP contribution in [-0.4, -0.2) is 50.5 Å². The maximum absolute atomic E-state index is 14.1. The van der Waals surface area contributed by atoms with Gasteiger partial charge in [-0.05, 0) is 49.9 Å². The second-order valence-corrected chi connectivity index (χ2v) is 9.50. The van der Waals surface area contributed by atoms with E-state index in [1.54, 1.807) is 21.7 Å². The molecule has 7 heteroatoms. The molecule has 5 rings (SSSR count). The monoisotopic (exact) mass is 460 g/mol. The molecule has 1 unspecified atom stereocenters. The topological polar surface area (TPSA) is 58.4 Å². The van der Waals surface area contributed by atoms with Gasteiger partial charge in [0.25, 0.3) is 11.8 Å². The fraction of sp³-hybridized carbons (Fsp3) is 0.370. The second-order valence-electron chi connectivity index (χ2n) is 9.50. The molecule has 2 amide bonds. The zero-order valence-corrected chi connectivity index (χ0v) is 19.7. The van der Waals surface area contributed by atoms with Gasteiger partial charge in [0.05, 0.1) is 23.0 Å². The summed E-state index contributed by atoms with van der Waals surface area (Å²) < 4.78 is 15.9. The summed E-state index contributed by atoms with van der Waals surface area (Å²) in [6.07, 6.45) is 1.33. The van der Waals surface area contributed by atoms with E-state index in [-0.39, 0.29) is 35.4 Å². The molecule has 0 bridgehead atoms. The lowest BCUT2D eigenvalue weighted by Gasteiger charge is -2.40. The molecule has 6 nitrogen and oxygen atoms in total. The SMILES string of the molecule is Cc1nn(-c2ccccc2)c2c1C(C(C)C)N(C1CCN(C(=O)c3ccccc3F)CC1)C2=O. The molecule has 0 N–H and O–H groups in total. The highest BCUT2D eigenvalue weighted by Crippen LogP contribution is 2.44. The largest absolute Gasteiger partial charge is 0.338 e. The number of piperidine rings is 1. The molecule has 34 heavy (non-hydrogen) atoms. The first-order valence-corrected chi connectivity index (χ1v) is 11.9. The summed E-state index contributed by atoms with van der Waals surface area (Å²) >= 11 is 0. The number of carbonyl (C=O) groups excluding carboxylic acids is 2. The number of aromatic nitrogens is 2. The Labute approximate surface area is 199 Å². The number of hydrogen-bond donors (Lipinski definition) is 0. The quantitative estimate of drug-likeness (QED) is 0.563. The second kappa shape index (κ2) is 8.70. The van der Waals surface area contributed by atoms with E-state index < -0.39 is 5.82 Å². The molecule has 2 aliphatic rings. The van der Waals surface area contributed by atoms with Crippen molar-refractivity contribution in [2.75, 3.05) is 13.1 Å². The number of carbonyl (C=O) groups is 2. The van der Waals surface area contributed by atoms with Gasteiger partial charge in [0.1, 0.15) is 11.5 Å². The number of para-hydroxylation sites is 1. The van der Waals surface area contributed by atoms with Crippen LogP contribution in [0.2, 0.25) is 0 Å². The van der Waals surface area contributed by atoms with Crippen LogP contribution in [0.1, 0.15) is 64.8 Å². The summed E-state index contributed by atoms with van der Waals surface area (Å²) in [6, 6.07) is 15.8. The fourth-order valence-electron chi connectivity index (χ4n) is 5.44. The Kier molecular flexibility index (Phi) is 5.71. The van der Waals surface area contributed by atoms with Crippen LogP contribution in [0.3, 0.4) is 0 Å². The van der Waals surface area contributed by atoms with Crippen LogP contribution in [-0.2, 0) is 0 Å². The molecule has 2 aromatic carbocycles. The van der Waals surface area contributed by atoms with Crippen molar-refractivity contribution in [3.8, 4) is 5.69 Å². The number of rotatable bonds is 4. The van der Waals surface area contributed by atoms with Crippen molar-refractivity contribution in [3.63, 3.8) is 0 Å². The minimum atomic E-state index is -0.499. The molecule has 1 saturated heterocycles. The first-order valence-electron chi connectivity index (χ1n) is 11.9. The van der Waals surface area contributed by atoms with E-state index in [9.17, 15) is 14.0 Å². The van der Waals surface area contributed by atoms with E-state index >= 15 is 0 Å². The number of amides is 2. The summed E-state index contributed by atoms with van der Waals surface area (Å²) in [5.41, 5.74) is 3.50. The first-order chi connectivity index (χ1) is 16.4.